The Kier molecular flexibility index (Phi) is 6.09. The van der Waals surface area contributed by atoms with Crippen molar-refractivity contribution < 1.29 is 0 Å². The van der Waals surface area contributed by atoms with E-state index in [9.17, 15) is 0 Å². The van der Waals surface area contributed by atoms with Crippen molar-refractivity contribution in [3.8, 4) is 11.3 Å². The van der Waals surface area contributed by atoms with Crippen molar-refractivity contribution in [1.82, 2.24) is 4.98 Å². The molecule has 2 aromatic carbocycles. The van der Waals surface area contributed by atoms with Crippen LogP contribution >= 0.6 is 0 Å². The predicted octanol–water partition coefficient (Wildman–Crippen LogP) is 7.97. The number of pyridine rings is 1. The number of aryl methyl sites for hydroxylation is 1. The van der Waals surface area contributed by atoms with Gasteiger partial charge in [0, 0.05) is 10.9 Å². The summed E-state index contributed by atoms with van der Waals surface area (Å²) in [6.07, 6.45) is 0. The van der Waals surface area contributed by atoms with E-state index in [1.54, 1.807) is 0 Å². The highest BCUT2D eigenvalue weighted by molar-refractivity contribution is 6.83. The van der Waals surface area contributed by atoms with Crippen LogP contribution < -0.4 is 0 Å². The van der Waals surface area contributed by atoms with Gasteiger partial charge < -0.3 is 0 Å². The van der Waals surface area contributed by atoms with Crippen molar-refractivity contribution in [1.29, 1.82) is 0 Å². The minimum absolute atomic E-state index is 0.780. The fraction of sp³-hybridized carbons (Fsp3) is 0.423. The molecular weight excluding hydrogens is 354 g/mol. The van der Waals surface area contributed by atoms with E-state index in [-0.39, 0.29) is 0 Å². The van der Waals surface area contributed by atoms with Gasteiger partial charge in [-0.05, 0) is 42.3 Å². The molecule has 0 spiro atoms. The molecule has 2 heteroatoms. The van der Waals surface area contributed by atoms with E-state index in [0.717, 1.165) is 27.8 Å². The molecule has 0 aliphatic rings. The molecule has 1 heterocycles. The highest BCUT2D eigenvalue weighted by Gasteiger charge is 2.42. The van der Waals surface area contributed by atoms with Gasteiger partial charge in [0.05, 0.1) is 19.3 Å². The number of hydrogen-bond donors (Lipinski definition) is 0. The number of benzene rings is 2. The number of aromatic nitrogens is 1. The first-order valence-corrected chi connectivity index (χ1v) is 13.1. The summed E-state index contributed by atoms with van der Waals surface area (Å²) >= 11 is 0. The van der Waals surface area contributed by atoms with Crippen LogP contribution in [-0.2, 0) is 6.04 Å². The van der Waals surface area contributed by atoms with Gasteiger partial charge in [0.15, 0.2) is 0 Å². The second kappa shape index (κ2) is 8.20. The Bertz CT molecular complexity index is 920. The fourth-order valence-corrected chi connectivity index (χ4v) is 11.4. The summed E-state index contributed by atoms with van der Waals surface area (Å²) in [5, 5.41) is 1.30. The topological polar surface area (TPSA) is 12.9 Å². The van der Waals surface area contributed by atoms with Gasteiger partial charge in [-0.1, -0.05) is 94.6 Å². The summed E-state index contributed by atoms with van der Waals surface area (Å²) < 4.78 is 0. The molecule has 0 unspecified atom stereocenters. The molecular formula is C26H35NSi. The Morgan fingerprint density at radius 1 is 0.786 bits per heavy atom. The zero-order valence-electron chi connectivity index (χ0n) is 18.6. The third-order valence-corrected chi connectivity index (χ3v) is 14.4. The third kappa shape index (κ3) is 3.80. The quantitative estimate of drug-likeness (QED) is 0.389. The summed E-state index contributed by atoms with van der Waals surface area (Å²) in [6.45, 7) is 16.9. The van der Waals surface area contributed by atoms with Gasteiger partial charge >= 0.3 is 0 Å². The van der Waals surface area contributed by atoms with E-state index < -0.39 is 8.07 Å². The average molecular weight is 390 g/mol. The number of hydrogen-bond acceptors (Lipinski definition) is 1. The number of fused-ring (bicyclic) bond motifs is 1. The lowest BCUT2D eigenvalue weighted by atomic mass is 10.0. The molecule has 1 aromatic heterocycles. The number of rotatable bonds is 6. The molecule has 0 N–H and O–H groups in total. The van der Waals surface area contributed by atoms with Crippen molar-refractivity contribution >= 4 is 19.0 Å². The Balaban J connectivity index is 2.04. The Hall–Kier alpha value is -1.93. The molecule has 0 fully saturated rings. The summed E-state index contributed by atoms with van der Waals surface area (Å²) in [5.41, 5.74) is 8.50. The minimum Gasteiger partial charge on any atom is -0.248 e. The maximum absolute atomic E-state index is 4.96. The molecule has 0 aliphatic carbocycles. The van der Waals surface area contributed by atoms with Gasteiger partial charge in [0.25, 0.3) is 0 Å². The molecule has 148 valence electrons. The van der Waals surface area contributed by atoms with Crippen LogP contribution in [0.1, 0.15) is 52.7 Å². The van der Waals surface area contributed by atoms with E-state index in [4.69, 9.17) is 4.98 Å². The lowest BCUT2D eigenvalue weighted by molar-refractivity contribution is 0.798. The Morgan fingerprint density at radius 3 is 1.96 bits per heavy atom. The second-order valence-corrected chi connectivity index (χ2v) is 15.3. The molecule has 0 bridgehead atoms. The van der Waals surface area contributed by atoms with Crippen LogP contribution in [0.5, 0.6) is 0 Å². The van der Waals surface area contributed by atoms with Crippen LogP contribution in [0, 0.1) is 6.92 Å². The van der Waals surface area contributed by atoms with Crippen LogP contribution in [0.25, 0.3) is 22.2 Å². The average Bonchev–Trinajstić information content (AvgIpc) is 2.66. The first-order chi connectivity index (χ1) is 13.3. The van der Waals surface area contributed by atoms with Crippen LogP contribution in [0.3, 0.4) is 0 Å². The summed E-state index contributed by atoms with van der Waals surface area (Å²) in [4.78, 5) is 4.96. The Morgan fingerprint density at radius 2 is 1.39 bits per heavy atom. The standard InChI is InChI=1S/C26H35NSi/c1-18(2)28(19(3)4,20(5)6)17-22-13-14-25-24(16-22)21(7)15-26(27-25)23-11-9-8-10-12-23/h8-16,18-20H,17H2,1-7H3. The summed E-state index contributed by atoms with van der Waals surface area (Å²) in [7, 11) is -1.46. The zero-order chi connectivity index (χ0) is 20.5. The van der Waals surface area contributed by atoms with Crippen molar-refractivity contribution in [2.45, 2.75) is 71.1 Å². The van der Waals surface area contributed by atoms with Crippen LogP contribution in [-0.4, -0.2) is 13.1 Å². The molecule has 1 nitrogen and oxygen atoms in total. The van der Waals surface area contributed by atoms with E-state index in [1.165, 1.54) is 28.1 Å². The molecule has 0 atom stereocenters. The van der Waals surface area contributed by atoms with Gasteiger partial charge in [-0.3, -0.25) is 0 Å². The first-order valence-electron chi connectivity index (χ1n) is 10.7. The zero-order valence-corrected chi connectivity index (χ0v) is 19.6. The lowest BCUT2D eigenvalue weighted by Crippen LogP contribution is -2.47. The van der Waals surface area contributed by atoms with Gasteiger partial charge in [0.1, 0.15) is 0 Å². The number of nitrogens with zero attached hydrogens (tertiary/aromatic N) is 1. The smallest absolute Gasteiger partial charge is 0.0712 e. The fourth-order valence-electron chi connectivity index (χ4n) is 5.27. The molecule has 28 heavy (non-hydrogen) atoms. The van der Waals surface area contributed by atoms with Crippen molar-refractivity contribution in [3.63, 3.8) is 0 Å². The third-order valence-electron chi connectivity index (χ3n) is 6.88. The van der Waals surface area contributed by atoms with Gasteiger partial charge in [-0.15, -0.1) is 0 Å². The lowest BCUT2D eigenvalue weighted by Gasteiger charge is -2.43. The monoisotopic (exact) mass is 389 g/mol. The maximum Gasteiger partial charge on any atom is 0.0712 e. The predicted molar refractivity (Wildman–Crippen MR) is 127 cm³/mol. The molecule has 0 radical (unpaired) electrons. The SMILES string of the molecule is Cc1cc(-c2ccccc2)nc2ccc(C[Si](C(C)C)(C(C)C)C(C)C)cc12. The van der Waals surface area contributed by atoms with E-state index in [1.807, 2.05) is 0 Å². The highest BCUT2D eigenvalue weighted by atomic mass is 28.3. The van der Waals surface area contributed by atoms with E-state index in [2.05, 4.69) is 103 Å². The van der Waals surface area contributed by atoms with Gasteiger partial charge in [0.2, 0.25) is 0 Å². The highest BCUT2D eigenvalue weighted by Crippen LogP contribution is 2.44. The van der Waals surface area contributed by atoms with Gasteiger partial charge in [-0.25, -0.2) is 4.98 Å². The van der Waals surface area contributed by atoms with Crippen LogP contribution in [0.2, 0.25) is 16.6 Å². The van der Waals surface area contributed by atoms with Crippen molar-refractivity contribution in [2.75, 3.05) is 0 Å². The molecule has 3 rings (SSSR count). The van der Waals surface area contributed by atoms with E-state index >= 15 is 0 Å². The molecule has 0 saturated heterocycles. The first kappa shape index (κ1) is 20.8. The van der Waals surface area contributed by atoms with Gasteiger partial charge in [-0.2, -0.15) is 0 Å². The molecule has 0 aliphatic heterocycles. The second-order valence-electron chi connectivity index (χ2n) is 9.30. The summed E-state index contributed by atoms with van der Waals surface area (Å²) in [6, 6.07) is 21.0. The van der Waals surface area contributed by atoms with Crippen LogP contribution in [0.15, 0.2) is 54.6 Å². The normalized spacial score (nSPS) is 12.5. The van der Waals surface area contributed by atoms with Crippen LogP contribution in [0.4, 0.5) is 0 Å². The van der Waals surface area contributed by atoms with Crippen molar-refractivity contribution in [3.05, 3.63) is 65.7 Å². The minimum atomic E-state index is -1.46. The maximum atomic E-state index is 4.96. The molecule has 0 amide bonds. The molecule has 0 saturated carbocycles. The van der Waals surface area contributed by atoms with E-state index in [0.29, 0.717) is 0 Å². The van der Waals surface area contributed by atoms with Crippen molar-refractivity contribution in [2.24, 2.45) is 0 Å². The Labute approximate surface area is 172 Å². The molecule has 3 aromatic rings. The largest absolute Gasteiger partial charge is 0.248 e. The summed E-state index contributed by atoms with van der Waals surface area (Å²) in [5.74, 6) is 0.